The second-order valence-corrected chi connectivity index (χ2v) is 7.62. The van der Waals surface area contributed by atoms with E-state index in [9.17, 15) is 4.79 Å². The zero-order chi connectivity index (χ0) is 17.4. The number of nitrogens with one attached hydrogen (secondary N) is 1. The predicted molar refractivity (Wildman–Crippen MR) is 96.5 cm³/mol. The Morgan fingerprint density at radius 3 is 2.52 bits per heavy atom. The van der Waals surface area contributed by atoms with E-state index in [4.69, 9.17) is 0 Å². The molecule has 0 radical (unpaired) electrons. The quantitative estimate of drug-likeness (QED) is 0.914. The first-order valence-electron chi connectivity index (χ1n) is 9.38. The molecule has 1 atom stereocenters. The molecule has 1 aromatic heterocycles. The highest BCUT2D eigenvalue weighted by Gasteiger charge is 2.34. The number of hydrogen-bond acceptors (Lipinski definition) is 3. The van der Waals surface area contributed by atoms with E-state index in [0.717, 1.165) is 56.6 Å². The van der Waals surface area contributed by atoms with E-state index >= 15 is 0 Å². The topological polar surface area (TPSA) is 61.9 Å². The summed E-state index contributed by atoms with van der Waals surface area (Å²) in [5.41, 5.74) is 5.95. The molecule has 1 amide bonds. The number of nitrogens with zero attached hydrogens (tertiary/aromatic N) is 3. The van der Waals surface area contributed by atoms with Gasteiger partial charge in [-0.15, -0.1) is 0 Å². The minimum absolute atomic E-state index is 0.0970. The number of carbonyl (C=O) groups is 1. The number of amides is 1. The van der Waals surface area contributed by atoms with E-state index in [1.54, 1.807) is 0 Å². The van der Waals surface area contributed by atoms with Crippen molar-refractivity contribution >= 4 is 5.91 Å². The van der Waals surface area contributed by atoms with Crippen molar-refractivity contribution in [1.29, 1.82) is 0 Å². The first-order chi connectivity index (χ1) is 12.1. The third-order valence-corrected chi connectivity index (χ3v) is 5.71. The lowest BCUT2D eigenvalue weighted by Gasteiger charge is -2.35. The third-order valence-electron chi connectivity index (χ3n) is 5.71. The fourth-order valence-electron chi connectivity index (χ4n) is 4.47. The molecule has 132 valence electrons. The molecule has 2 aliphatic rings. The van der Waals surface area contributed by atoms with Crippen LogP contribution in [0.5, 0.6) is 0 Å². The van der Waals surface area contributed by atoms with Gasteiger partial charge < -0.3 is 4.90 Å². The van der Waals surface area contributed by atoms with Crippen LogP contribution in [0.25, 0.3) is 0 Å². The van der Waals surface area contributed by atoms with Gasteiger partial charge in [-0.1, -0.05) is 29.3 Å². The number of hydrogen-bond donors (Lipinski definition) is 1. The third kappa shape index (κ3) is 3.20. The van der Waals surface area contributed by atoms with E-state index in [0.29, 0.717) is 5.92 Å². The molecule has 0 spiro atoms. The highest BCUT2D eigenvalue weighted by atomic mass is 16.2. The summed E-state index contributed by atoms with van der Waals surface area (Å²) in [4.78, 5) is 15.1. The van der Waals surface area contributed by atoms with Crippen molar-refractivity contribution in [2.24, 2.45) is 0 Å². The molecule has 1 aromatic carbocycles. The molecule has 1 aliphatic carbocycles. The van der Waals surface area contributed by atoms with Gasteiger partial charge in [0.25, 0.3) is 0 Å². The molecule has 5 heteroatoms. The number of likely N-dealkylation sites (tertiary alicyclic amines) is 1. The van der Waals surface area contributed by atoms with Gasteiger partial charge in [0.2, 0.25) is 5.91 Å². The minimum Gasteiger partial charge on any atom is -0.342 e. The molecule has 1 unspecified atom stereocenters. The molecule has 2 aromatic rings. The van der Waals surface area contributed by atoms with Crippen molar-refractivity contribution in [3.63, 3.8) is 0 Å². The molecule has 5 nitrogen and oxygen atoms in total. The van der Waals surface area contributed by atoms with Gasteiger partial charge in [-0.3, -0.25) is 4.79 Å². The summed E-state index contributed by atoms with van der Waals surface area (Å²) in [6, 6.07) is 6.83. The van der Waals surface area contributed by atoms with Crippen LogP contribution in [0.3, 0.4) is 0 Å². The predicted octanol–water partition coefficient (Wildman–Crippen LogP) is 3.25. The van der Waals surface area contributed by atoms with Crippen molar-refractivity contribution in [3.05, 3.63) is 46.3 Å². The maximum atomic E-state index is 13.0. The van der Waals surface area contributed by atoms with Gasteiger partial charge in [-0.2, -0.15) is 15.4 Å². The molecule has 1 saturated heterocycles. The number of aryl methyl sites for hydroxylation is 3. The van der Waals surface area contributed by atoms with E-state index in [-0.39, 0.29) is 11.8 Å². The summed E-state index contributed by atoms with van der Waals surface area (Å²) in [7, 11) is 0. The Morgan fingerprint density at radius 2 is 1.80 bits per heavy atom. The molecule has 2 heterocycles. The number of benzene rings is 1. The standard InChI is InChI=1S/C20H26N4O/c1-13-10-14(2)12-16(11-13)15-6-8-24(9-7-15)20(25)17-4-3-5-18-19(17)22-23-21-18/h10-12,15,17H,3-9H2,1-2H3,(H,21,22,23). The first kappa shape index (κ1) is 16.3. The lowest BCUT2D eigenvalue weighted by Crippen LogP contribution is -2.41. The average molecular weight is 338 g/mol. The Labute approximate surface area is 148 Å². The van der Waals surface area contributed by atoms with E-state index in [1.165, 1.54) is 16.7 Å². The van der Waals surface area contributed by atoms with Crippen LogP contribution >= 0.6 is 0 Å². The summed E-state index contributed by atoms with van der Waals surface area (Å²) < 4.78 is 0. The zero-order valence-corrected chi connectivity index (χ0v) is 15.1. The highest BCUT2D eigenvalue weighted by Crippen LogP contribution is 2.34. The number of carbonyl (C=O) groups excluding carboxylic acids is 1. The lowest BCUT2D eigenvalue weighted by atomic mass is 9.85. The van der Waals surface area contributed by atoms with Crippen LogP contribution in [0, 0.1) is 13.8 Å². The molecular formula is C20H26N4O. The number of aromatic nitrogens is 3. The van der Waals surface area contributed by atoms with Crippen molar-refractivity contribution in [2.45, 2.75) is 57.8 Å². The van der Waals surface area contributed by atoms with Crippen molar-refractivity contribution in [3.8, 4) is 0 Å². The number of aromatic amines is 1. The Bertz CT molecular complexity index is 754. The molecule has 0 bridgehead atoms. The van der Waals surface area contributed by atoms with Crippen molar-refractivity contribution < 1.29 is 4.79 Å². The van der Waals surface area contributed by atoms with Crippen molar-refractivity contribution in [1.82, 2.24) is 20.3 Å². The summed E-state index contributed by atoms with van der Waals surface area (Å²) in [6.07, 6.45) is 4.95. The van der Waals surface area contributed by atoms with Gasteiger partial charge in [-0.05, 0) is 57.4 Å². The second kappa shape index (κ2) is 6.62. The molecule has 0 saturated carbocycles. The van der Waals surface area contributed by atoms with E-state index < -0.39 is 0 Å². The largest absolute Gasteiger partial charge is 0.342 e. The van der Waals surface area contributed by atoms with Gasteiger partial charge in [0.1, 0.15) is 0 Å². The van der Waals surface area contributed by atoms with Crippen molar-refractivity contribution in [2.75, 3.05) is 13.1 Å². The monoisotopic (exact) mass is 338 g/mol. The van der Waals surface area contributed by atoms with Crippen LogP contribution in [0.15, 0.2) is 18.2 Å². The van der Waals surface area contributed by atoms with Gasteiger partial charge in [-0.25, -0.2) is 0 Å². The Morgan fingerprint density at radius 1 is 1.08 bits per heavy atom. The molecule has 1 aliphatic heterocycles. The average Bonchev–Trinajstić information content (AvgIpc) is 3.09. The normalized spacial score (nSPS) is 21.2. The van der Waals surface area contributed by atoms with Crippen LogP contribution in [-0.2, 0) is 11.2 Å². The smallest absolute Gasteiger partial charge is 0.231 e. The zero-order valence-electron chi connectivity index (χ0n) is 15.1. The first-order valence-corrected chi connectivity index (χ1v) is 9.38. The number of piperidine rings is 1. The van der Waals surface area contributed by atoms with Crippen LogP contribution in [0.2, 0.25) is 0 Å². The number of fused-ring (bicyclic) bond motifs is 1. The van der Waals surface area contributed by atoms with Gasteiger partial charge >= 0.3 is 0 Å². The lowest BCUT2D eigenvalue weighted by molar-refractivity contribution is -0.134. The highest BCUT2D eigenvalue weighted by molar-refractivity contribution is 5.83. The molecule has 1 fully saturated rings. The Hall–Kier alpha value is -2.17. The van der Waals surface area contributed by atoms with Gasteiger partial charge in [0, 0.05) is 13.1 Å². The second-order valence-electron chi connectivity index (χ2n) is 7.62. The van der Waals surface area contributed by atoms with Crippen LogP contribution in [0.4, 0.5) is 0 Å². The fraction of sp³-hybridized carbons (Fsp3) is 0.550. The Kier molecular flexibility index (Phi) is 4.32. The molecular weight excluding hydrogens is 312 g/mol. The maximum absolute atomic E-state index is 13.0. The summed E-state index contributed by atoms with van der Waals surface area (Å²) in [5.74, 6) is 0.714. The maximum Gasteiger partial charge on any atom is 0.231 e. The van der Waals surface area contributed by atoms with E-state index in [1.807, 2.05) is 4.90 Å². The SMILES string of the molecule is Cc1cc(C)cc(C2CCN(C(=O)C3CCCc4n[nH]nc43)CC2)c1. The molecule has 1 N–H and O–H groups in total. The number of H-pyrrole nitrogens is 1. The van der Waals surface area contributed by atoms with Crippen LogP contribution < -0.4 is 0 Å². The molecule has 25 heavy (non-hydrogen) atoms. The van der Waals surface area contributed by atoms with Gasteiger partial charge in [0.15, 0.2) is 0 Å². The minimum atomic E-state index is -0.0970. The summed E-state index contributed by atoms with van der Waals surface area (Å²) in [5, 5.41) is 11.1. The van der Waals surface area contributed by atoms with Crippen LogP contribution in [0.1, 0.15) is 65.6 Å². The Balaban J connectivity index is 1.43. The van der Waals surface area contributed by atoms with Gasteiger partial charge in [0.05, 0.1) is 17.3 Å². The van der Waals surface area contributed by atoms with E-state index in [2.05, 4.69) is 47.5 Å². The summed E-state index contributed by atoms with van der Waals surface area (Å²) >= 11 is 0. The fourth-order valence-corrected chi connectivity index (χ4v) is 4.47. The molecule has 4 rings (SSSR count). The van der Waals surface area contributed by atoms with Crippen LogP contribution in [-0.4, -0.2) is 39.3 Å². The summed E-state index contributed by atoms with van der Waals surface area (Å²) in [6.45, 7) is 6.02. The number of rotatable bonds is 2.